The Hall–Kier alpha value is -1.16. The molecule has 1 N–H and O–H groups in total. The molecule has 0 fully saturated rings. The molecular weight excluding hydrogens is 216 g/mol. The first kappa shape index (κ1) is 13.9. The third-order valence-corrected chi connectivity index (χ3v) is 2.70. The van der Waals surface area contributed by atoms with Crippen LogP contribution in [0.15, 0.2) is 10.9 Å². The summed E-state index contributed by atoms with van der Waals surface area (Å²) in [7, 11) is 0. The Kier molecular flexibility index (Phi) is 3.48. The number of aryl methyl sites for hydroxylation is 1. The normalized spacial score (nSPS) is 12.9. The number of aliphatic hydroxyl groups is 1. The van der Waals surface area contributed by atoms with Crippen LogP contribution in [0.2, 0.25) is 0 Å². The van der Waals surface area contributed by atoms with Crippen LogP contribution in [0.3, 0.4) is 0 Å². The monoisotopic (exact) mass is 238 g/mol. The molecular formula is C13H22N2O2. The van der Waals surface area contributed by atoms with Crippen LogP contribution in [-0.4, -0.2) is 14.9 Å². The summed E-state index contributed by atoms with van der Waals surface area (Å²) in [6.07, 6.45) is 0. The predicted octanol–water partition coefficient (Wildman–Crippen LogP) is 1.79. The summed E-state index contributed by atoms with van der Waals surface area (Å²) in [4.78, 5) is 12.1. The van der Waals surface area contributed by atoms with Gasteiger partial charge in [-0.1, -0.05) is 20.8 Å². The summed E-state index contributed by atoms with van der Waals surface area (Å²) in [5, 5.41) is 14.4. The van der Waals surface area contributed by atoms with E-state index < -0.39 is 5.60 Å². The maximum Gasteiger partial charge on any atom is 0.272 e. The van der Waals surface area contributed by atoms with Crippen LogP contribution < -0.4 is 5.56 Å². The first-order valence-electron chi connectivity index (χ1n) is 5.93. The van der Waals surface area contributed by atoms with Crippen LogP contribution in [0.1, 0.15) is 52.8 Å². The molecule has 96 valence electrons. The Morgan fingerprint density at radius 2 is 1.82 bits per heavy atom. The van der Waals surface area contributed by atoms with Gasteiger partial charge < -0.3 is 5.11 Å². The third-order valence-electron chi connectivity index (χ3n) is 2.70. The van der Waals surface area contributed by atoms with Crippen LogP contribution in [0.25, 0.3) is 0 Å². The van der Waals surface area contributed by atoms with E-state index >= 15 is 0 Å². The Labute approximate surface area is 102 Å². The Morgan fingerprint density at radius 1 is 1.29 bits per heavy atom. The summed E-state index contributed by atoms with van der Waals surface area (Å²) in [5.41, 5.74) is -0.287. The first-order valence-corrected chi connectivity index (χ1v) is 5.93. The molecule has 0 bridgehead atoms. The van der Waals surface area contributed by atoms with Gasteiger partial charge in [-0.25, -0.2) is 4.68 Å². The van der Waals surface area contributed by atoms with Crippen LogP contribution >= 0.6 is 0 Å². The average Bonchev–Trinajstić information content (AvgIpc) is 2.14. The number of hydrogen-bond donors (Lipinski definition) is 1. The van der Waals surface area contributed by atoms with Crippen LogP contribution in [-0.2, 0) is 17.6 Å². The maximum atomic E-state index is 12.1. The molecule has 0 amide bonds. The van der Waals surface area contributed by atoms with Gasteiger partial charge in [0.25, 0.3) is 5.56 Å². The van der Waals surface area contributed by atoms with Gasteiger partial charge in [-0.3, -0.25) is 4.79 Å². The van der Waals surface area contributed by atoms with Crippen LogP contribution in [0.4, 0.5) is 0 Å². The molecule has 0 atom stereocenters. The van der Waals surface area contributed by atoms with Gasteiger partial charge in [-0.2, -0.15) is 5.10 Å². The van der Waals surface area contributed by atoms with Crippen molar-refractivity contribution in [3.8, 4) is 0 Å². The van der Waals surface area contributed by atoms with Crippen molar-refractivity contribution in [1.82, 2.24) is 9.78 Å². The lowest BCUT2D eigenvalue weighted by molar-refractivity contribution is 0.0758. The SMILES string of the molecule is CCn1nc(C(C)(C)C)cc(C(C)(C)O)c1=O. The molecule has 0 spiro atoms. The molecule has 0 aromatic carbocycles. The number of nitrogens with zero attached hydrogens (tertiary/aromatic N) is 2. The highest BCUT2D eigenvalue weighted by molar-refractivity contribution is 5.23. The molecule has 4 nitrogen and oxygen atoms in total. The topological polar surface area (TPSA) is 55.1 Å². The van der Waals surface area contributed by atoms with Crippen molar-refractivity contribution >= 4 is 0 Å². The van der Waals surface area contributed by atoms with Crippen molar-refractivity contribution < 1.29 is 5.11 Å². The van der Waals surface area contributed by atoms with Gasteiger partial charge in [-0.15, -0.1) is 0 Å². The van der Waals surface area contributed by atoms with Gasteiger partial charge in [0.05, 0.1) is 16.9 Å². The summed E-state index contributed by atoms with van der Waals surface area (Å²) in [6, 6.07) is 1.72. The molecule has 1 aromatic rings. The molecule has 0 saturated heterocycles. The van der Waals surface area contributed by atoms with Crippen LogP contribution in [0.5, 0.6) is 0 Å². The van der Waals surface area contributed by atoms with Crippen LogP contribution in [0, 0.1) is 0 Å². The van der Waals surface area contributed by atoms with Gasteiger partial charge in [0, 0.05) is 12.0 Å². The predicted molar refractivity (Wildman–Crippen MR) is 68.1 cm³/mol. The third kappa shape index (κ3) is 2.94. The van der Waals surface area contributed by atoms with E-state index in [1.165, 1.54) is 4.68 Å². The molecule has 0 radical (unpaired) electrons. The van der Waals surface area contributed by atoms with Gasteiger partial charge in [0.15, 0.2) is 0 Å². The molecule has 1 heterocycles. The highest BCUT2D eigenvalue weighted by atomic mass is 16.3. The van der Waals surface area contributed by atoms with Gasteiger partial charge >= 0.3 is 0 Å². The quantitative estimate of drug-likeness (QED) is 0.854. The van der Waals surface area contributed by atoms with E-state index in [0.29, 0.717) is 12.1 Å². The summed E-state index contributed by atoms with van der Waals surface area (Å²) < 4.78 is 1.41. The summed E-state index contributed by atoms with van der Waals surface area (Å²) in [6.45, 7) is 11.7. The highest BCUT2D eigenvalue weighted by Crippen LogP contribution is 2.23. The van der Waals surface area contributed by atoms with Crippen molar-refractivity contribution in [2.45, 2.75) is 59.1 Å². The van der Waals surface area contributed by atoms with Crippen molar-refractivity contribution in [1.29, 1.82) is 0 Å². The minimum Gasteiger partial charge on any atom is -0.386 e. The fourth-order valence-corrected chi connectivity index (χ4v) is 1.56. The zero-order valence-corrected chi connectivity index (χ0v) is 11.5. The second kappa shape index (κ2) is 4.26. The Morgan fingerprint density at radius 3 is 2.18 bits per heavy atom. The largest absolute Gasteiger partial charge is 0.386 e. The maximum absolute atomic E-state index is 12.1. The number of rotatable bonds is 2. The molecule has 1 aromatic heterocycles. The van der Waals surface area contributed by atoms with Gasteiger partial charge in [-0.05, 0) is 26.8 Å². The lowest BCUT2D eigenvalue weighted by atomic mass is 9.89. The van der Waals surface area contributed by atoms with Gasteiger partial charge in [0.1, 0.15) is 0 Å². The second-order valence-electron chi connectivity index (χ2n) is 5.87. The minimum absolute atomic E-state index is 0.148. The molecule has 0 aliphatic carbocycles. The molecule has 4 heteroatoms. The fraction of sp³-hybridized carbons (Fsp3) is 0.692. The lowest BCUT2D eigenvalue weighted by Crippen LogP contribution is -2.35. The van der Waals surface area contributed by atoms with E-state index in [9.17, 15) is 9.90 Å². The summed E-state index contributed by atoms with van der Waals surface area (Å²) in [5.74, 6) is 0. The zero-order valence-electron chi connectivity index (χ0n) is 11.5. The summed E-state index contributed by atoms with van der Waals surface area (Å²) >= 11 is 0. The minimum atomic E-state index is -1.14. The lowest BCUT2D eigenvalue weighted by Gasteiger charge is -2.23. The molecule has 0 saturated carbocycles. The highest BCUT2D eigenvalue weighted by Gasteiger charge is 2.25. The van der Waals surface area contributed by atoms with E-state index in [0.717, 1.165) is 5.69 Å². The van der Waals surface area contributed by atoms with Crippen molar-refractivity contribution in [2.24, 2.45) is 0 Å². The molecule has 0 aliphatic rings. The van der Waals surface area contributed by atoms with E-state index in [4.69, 9.17) is 0 Å². The molecule has 1 rings (SSSR count). The fourth-order valence-electron chi connectivity index (χ4n) is 1.56. The molecule has 17 heavy (non-hydrogen) atoms. The Bertz CT molecular complexity index is 462. The number of hydrogen-bond acceptors (Lipinski definition) is 3. The Balaban J connectivity index is 3.57. The van der Waals surface area contributed by atoms with E-state index in [1.807, 2.05) is 27.7 Å². The smallest absolute Gasteiger partial charge is 0.272 e. The standard InChI is InChI=1S/C13H22N2O2/c1-7-15-11(16)9(13(5,6)17)8-10(14-15)12(2,3)4/h8,17H,7H2,1-6H3. The number of aromatic nitrogens is 2. The molecule has 0 unspecified atom stereocenters. The van der Waals surface area contributed by atoms with Crippen molar-refractivity contribution in [3.05, 3.63) is 27.7 Å². The van der Waals surface area contributed by atoms with E-state index in [-0.39, 0.29) is 11.0 Å². The first-order chi connectivity index (χ1) is 7.57. The zero-order chi connectivity index (χ0) is 13.4. The van der Waals surface area contributed by atoms with Gasteiger partial charge in [0.2, 0.25) is 0 Å². The van der Waals surface area contributed by atoms with E-state index in [2.05, 4.69) is 5.10 Å². The second-order valence-corrected chi connectivity index (χ2v) is 5.87. The van der Waals surface area contributed by atoms with E-state index in [1.54, 1.807) is 19.9 Å². The van der Waals surface area contributed by atoms with Crippen molar-refractivity contribution in [3.63, 3.8) is 0 Å². The average molecular weight is 238 g/mol. The van der Waals surface area contributed by atoms with Crippen molar-refractivity contribution in [2.75, 3.05) is 0 Å². The molecule has 0 aliphatic heterocycles.